The Hall–Kier alpha value is -5.77. The molecule has 5 N–H and O–H groups in total. The van der Waals surface area contributed by atoms with Gasteiger partial charge in [-0.1, -0.05) is 35.3 Å². The Labute approximate surface area is 343 Å². The molecule has 58 heavy (non-hydrogen) atoms. The molecule has 7 rings (SSSR count). The van der Waals surface area contributed by atoms with Crippen molar-refractivity contribution in [2.45, 2.75) is 62.6 Å². The lowest BCUT2D eigenvalue weighted by Crippen LogP contribution is -2.54. The lowest BCUT2D eigenvalue weighted by molar-refractivity contribution is -0.136. The minimum absolute atomic E-state index is 0.00610. The second kappa shape index (κ2) is 16.2. The maximum Gasteiger partial charge on any atom is 0.264 e. The van der Waals surface area contributed by atoms with E-state index in [4.69, 9.17) is 23.2 Å². The number of nitrogens with zero attached hydrogens (tertiary/aromatic N) is 1. The van der Waals surface area contributed by atoms with Crippen LogP contribution in [0.25, 0.3) is 11.6 Å². The van der Waals surface area contributed by atoms with Crippen molar-refractivity contribution in [3.63, 3.8) is 0 Å². The Morgan fingerprint density at radius 1 is 0.897 bits per heavy atom. The largest absolute Gasteiger partial charge is 0.384 e. The second-order valence-electron chi connectivity index (χ2n) is 14.3. The topological polar surface area (TPSA) is 204 Å². The van der Waals surface area contributed by atoms with Gasteiger partial charge in [-0.2, -0.15) is 0 Å². The molecule has 1 fully saturated rings. The quantitative estimate of drug-likeness (QED) is 0.0625. The van der Waals surface area contributed by atoms with Crippen LogP contribution in [0.1, 0.15) is 91.3 Å². The summed E-state index contributed by atoms with van der Waals surface area (Å²) in [5, 5.41) is 11.6. The number of nitrogens with one attached hydrogen (secondary N) is 5. The van der Waals surface area contributed by atoms with Crippen molar-refractivity contribution in [1.29, 1.82) is 0 Å². The molecule has 4 heterocycles. The first kappa shape index (κ1) is 40.4. The van der Waals surface area contributed by atoms with Gasteiger partial charge in [-0.25, -0.2) is 8.42 Å². The van der Waals surface area contributed by atoms with Gasteiger partial charge in [0.2, 0.25) is 11.8 Å². The monoisotopic (exact) mass is 844 g/mol. The van der Waals surface area contributed by atoms with Crippen LogP contribution in [0.2, 0.25) is 10.0 Å². The first-order chi connectivity index (χ1) is 27.7. The molecule has 0 bridgehead atoms. The van der Waals surface area contributed by atoms with Gasteiger partial charge in [0.1, 0.15) is 6.04 Å². The van der Waals surface area contributed by atoms with E-state index >= 15 is 0 Å². The van der Waals surface area contributed by atoms with Gasteiger partial charge in [0.15, 0.2) is 9.84 Å². The predicted molar refractivity (Wildman–Crippen MR) is 218 cm³/mol. The molecule has 1 aromatic heterocycles. The fraction of sp³-hybridized carbons (Fsp3) is 0.268. The smallest absolute Gasteiger partial charge is 0.264 e. The van der Waals surface area contributed by atoms with E-state index in [-0.39, 0.29) is 56.0 Å². The van der Waals surface area contributed by atoms with E-state index in [1.807, 2.05) is 0 Å². The van der Waals surface area contributed by atoms with Crippen molar-refractivity contribution >= 4 is 91.5 Å². The van der Waals surface area contributed by atoms with Gasteiger partial charge in [0, 0.05) is 63.4 Å². The van der Waals surface area contributed by atoms with Crippen molar-refractivity contribution in [1.82, 2.24) is 20.5 Å². The van der Waals surface area contributed by atoms with Crippen LogP contribution in [0.15, 0.2) is 59.5 Å². The number of H-pyrrole nitrogens is 1. The van der Waals surface area contributed by atoms with Crippen LogP contribution in [0.4, 0.5) is 11.4 Å². The minimum atomic E-state index is -3.90. The number of anilines is 2. The summed E-state index contributed by atoms with van der Waals surface area (Å²) >= 11 is 12.5. The van der Waals surface area contributed by atoms with Crippen LogP contribution in [-0.2, 0) is 30.0 Å². The summed E-state index contributed by atoms with van der Waals surface area (Å²) in [6.45, 7) is 4.39. The van der Waals surface area contributed by atoms with Gasteiger partial charge in [-0.15, -0.1) is 0 Å². The van der Waals surface area contributed by atoms with Crippen LogP contribution >= 0.6 is 23.2 Å². The van der Waals surface area contributed by atoms with E-state index in [9.17, 15) is 37.2 Å². The Kier molecular flexibility index (Phi) is 11.3. The van der Waals surface area contributed by atoms with E-state index in [0.717, 1.165) is 11.3 Å². The second-order valence-corrected chi connectivity index (χ2v) is 17.1. The maximum absolute atomic E-state index is 13.4. The van der Waals surface area contributed by atoms with Gasteiger partial charge in [-0.05, 0) is 93.6 Å². The van der Waals surface area contributed by atoms with Gasteiger partial charge < -0.3 is 20.9 Å². The van der Waals surface area contributed by atoms with Crippen LogP contribution in [-0.4, -0.2) is 72.9 Å². The van der Waals surface area contributed by atoms with Crippen molar-refractivity contribution in [3.05, 3.63) is 109 Å². The van der Waals surface area contributed by atoms with E-state index in [2.05, 4.69) is 26.3 Å². The number of benzene rings is 3. The van der Waals surface area contributed by atoms with Crippen LogP contribution < -0.4 is 21.3 Å². The maximum atomic E-state index is 13.4. The molecule has 3 aliphatic rings. The van der Waals surface area contributed by atoms with Crippen molar-refractivity contribution in [3.8, 4) is 0 Å². The summed E-state index contributed by atoms with van der Waals surface area (Å²) in [7, 11) is -3.90. The normalized spacial score (nSPS) is 17.0. The fourth-order valence-electron chi connectivity index (χ4n) is 7.45. The number of aromatic nitrogens is 1. The lowest BCUT2D eigenvalue weighted by atomic mass is 10.0. The fourth-order valence-corrected chi connectivity index (χ4v) is 9.57. The highest BCUT2D eigenvalue weighted by atomic mass is 35.5. The number of piperidine rings is 1. The molecule has 17 heteroatoms. The van der Waals surface area contributed by atoms with Crippen LogP contribution in [0, 0.1) is 13.8 Å². The van der Waals surface area contributed by atoms with E-state index < -0.39 is 51.2 Å². The predicted octanol–water partition coefficient (Wildman–Crippen LogP) is 5.82. The molecule has 1 atom stereocenters. The summed E-state index contributed by atoms with van der Waals surface area (Å²) in [5.74, 6) is -3.39. The molecule has 0 aliphatic carbocycles. The number of carbonyl (C=O) groups excluding carboxylic acids is 6. The molecule has 300 valence electrons. The van der Waals surface area contributed by atoms with E-state index in [1.54, 1.807) is 56.3 Å². The third-order valence-corrected chi connectivity index (χ3v) is 12.8. The van der Waals surface area contributed by atoms with E-state index in [1.165, 1.54) is 18.2 Å². The molecule has 6 amide bonds. The van der Waals surface area contributed by atoms with Gasteiger partial charge in [0.25, 0.3) is 23.6 Å². The van der Waals surface area contributed by atoms with Crippen molar-refractivity contribution < 1.29 is 37.2 Å². The number of unbranched alkanes of at least 4 members (excludes halogenated alkanes) is 2. The summed E-state index contributed by atoms with van der Waals surface area (Å²) in [6.07, 6.45) is 3.80. The highest BCUT2D eigenvalue weighted by molar-refractivity contribution is 7.90. The average molecular weight is 846 g/mol. The summed E-state index contributed by atoms with van der Waals surface area (Å²) in [6, 6.07) is 13.0. The zero-order valence-corrected chi connectivity index (χ0v) is 33.7. The number of aromatic amines is 1. The first-order valence-corrected chi connectivity index (χ1v) is 21.0. The number of halogens is 2. The highest BCUT2D eigenvalue weighted by Gasteiger charge is 2.45. The molecule has 3 aliphatic heterocycles. The van der Waals surface area contributed by atoms with Crippen LogP contribution in [0.5, 0.6) is 0 Å². The number of hydrogen-bond donors (Lipinski definition) is 5. The molecule has 0 radical (unpaired) electrons. The number of sulfone groups is 1. The van der Waals surface area contributed by atoms with Crippen LogP contribution in [0.3, 0.4) is 0 Å². The SMILES string of the molecule is Cc1[nH]c(/C=C2\C(=O)Nc3ccc(S(=O)(=O)Cc4c(Cl)cccc4Cl)cc32)c(C)c1C(=O)NCCCCCNc1cccc2c1C(=O)N(C1CCC(=O)NC1=O)C2=O. The molecule has 1 saturated heterocycles. The number of amides is 6. The highest BCUT2D eigenvalue weighted by Crippen LogP contribution is 2.37. The first-order valence-electron chi connectivity index (χ1n) is 18.5. The van der Waals surface area contributed by atoms with Crippen molar-refractivity contribution in [2.75, 3.05) is 23.7 Å². The lowest BCUT2D eigenvalue weighted by Gasteiger charge is -2.27. The zero-order chi connectivity index (χ0) is 41.5. The summed E-state index contributed by atoms with van der Waals surface area (Å²) in [4.78, 5) is 81.0. The molecule has 0 saturated carbocycles. The van der Waals surface area contributed by atoms with Gasteiger partial charge in [0.05, 0.1) is 32.9 Å². The number of imide groups is 2. The number of fused-ring (bicyclic) bond motifs is 2. The standard InChI is InChI=1S/C41H38Cl2N6O8S/c1-21-32(19-26-25-18-23(12-13-30(25)47-37(26)51)58(56,57)20-27-28(42)9-7-10-29(27)43)46-22(2)35(21)39(53)45-17-5-3-4-16-44-31-11-6-8-24-36(31)41(55)49(40(24)54)33-14-15-34(50)48-38(33)52/h6-13,18-19,33,44,46H,3-5,14-17,20H2,1-2H3,(H,45,53)(H,47,51)(H,48,50,52)/b26-19-. The summed E-state index contributed by atoms with van der Waals surface area (Å²) < 4.78 is 26.9. The minimum Gasteiger partial charge on any atom is -0.384 e. The molecular formula is C41H38Cl2N6O8S. The Bertz CT molecular complexity index is 2560. The van der Waals surface area contributed by atoms with E-state index in [0.29, 0.717) is 65.4 Å². The zero-order valence-electron chi connectivity index (χ0n) is 31.4. The molecular weight excluding hydrogens is 807 g/mol. The third-order valence-electron chi connectivity index (χ3n) is 10.4. The Balaban J connectivity index is 0.941. The van der Waals surface area contributed by atoms with Gasteiger partial charge in [-0.3, -0.25) is 39.0 Å². The summed E-state index contributed by atoms with van der Waals surface area (Å²) in [5.41, 5.74) is 4.40. The number of hydrogen-bond acceptors (Lipinski definition) is 9. The molecule has 14 nitrogen and oxygen atoms in total. The number of aryl methyl sites for hydroxylation is 1. The Morgan fingerprint density at radius 2 is 1.62 bits per heavy atom. The number of rotatable bonds is 13. The third kappa shape index (κ3) is 7.76. The Morgan fingerprint density at radius 3 is 2.36 bits per heavy atom. The molecule has 3 aromatic carbocycles. The number of carbonyl (C=O) groups is 6. The van der Waals surface area contributed by atoms with Gasteiger partial charge >= 0.3 is 0 Å². The molecule has 4 aromatic rings. The molecule has 1 unspecified atom stereocenters. The molecule has 0 spiro atoms. The van der Waals surface area contributed by atoms with Crippen molar-refractivity contribution in [2.24, 2.45) is 0 Å². The average Bonchev–Trinajstić information content (AvgIpc) is 3.74.